The number of anilines is 1. The topological polar surface area (TPSA) is 41.1 Å². The Morgan fingerprint density at radius 3 is 2.84 bits per heavy atom. The van der Waals surface area contributed by atoms with Crippen molar-refractivity contribution in [2.24, 2.45) is 5.41 Å². The highest BCUT2D eigenvalue weighted by Gasteiger charge is 2.31. The summed E-state index contributed by atoms with van der Waals surface area (Å²) in [5.41, 5.74) is 2.67. The number of benzene rings is 1. The van der Waals surface area contributed by atoms with Crippen LogP contribution in [0.3, 0.4) is 0 Å². The first kappa shape index (κ1) is 12.5. The summed E-state index contributed by atoms with van der Waals surface area (Å²) >= 11 is 0. The Kier molecular flexibility index (Phi) is 3.21. The third-order valence-corrected chi connectivity index (χ3v) is 4.59. The number of nitrogens with one attached hydrogen (secondary N) is 2. The quantitative estimate of drug-likeness (QED) is 0.875. The molecule has 3 rings (SSSR count). The van der Waals surface area contributed by atoms with Crippen LogP contribution in [-0.4, -0.2) is 18.5 Å². The molecule has 3 heteroatoms. The van der Waals surface area contributed by atoms with Crippen molar-refractivity contribution in [2.75, 3.05) is 11.9 Å². The van der Waals surface area contributed by atoms with Crippen LogP contribution in [0.2, 0.25) is 0 Å². The second-order valence-electron chi connectivity index (χ2n) is 6.29. The third kappa shape index (κ3) is 2.60. The fourth-order valence-electron chi connectivity index (χ4n) is 3.29. The molecule has 3 nitrogen and oxygen atoms in total. The van der Waals surface area contributed by atoms with Gasteiger partial charge < -0.3 is 10.6 Å². The van der Waals surface area contributed by atoms with Crippen LogP contribution in [-0.2, 0) is 11.2 Å². The first-order valence-electron chi connectivity index (χ1n) is 7.28. The maximum Gasteiger partial charge on any atom is 0.242 e. The summed E-state index contributed by atoms with van der Waals surface area (Å²) in [6.45, 7) is 3.11. The highest BCUT2D eigenvalue weighted by atomic mass is 16.2. The first-order chi connectivity index (χ1) is 9.16. The molecule has 1 aromatic rings. The molecule has 0 unspecified atom stereocenters. The average Bonchev–Trinajstić information content (AvgIpc) is 3.02. The number of carbonyl (C=O) groups excluding carboxylic acids is 1. The lowest BCUT2D eigenvalue weighted by Crippen LogP contribution is -2.42. The molecule has 1 heterocycles. The lowest BCUT2D eigenvalue weighted by atomic mass is 9.89. The van der Waals surface area contributed by atoms with Gasteiger partial charge in [0.05, 0.1) is 0 Å². The van der Waals surface area contributed by atoms with E-state index in [-0.39, 0.29) is 11.9 Å². The zero-order chi connectivity index (χ0) is 13.3. The van der Waals surface area contributed by atoms with E-state index in [1.807, 2.05) is 18.2 Å². The van der Waals surface area contributed by atoms with E-state index in [0.717, 1.165) is 18.7 Å². The van der Waals surface area contributed by atoms with Gasteiger partial charge in [-0.05, 0) is 29.9 Å². The molecule has 102 valence electrons. The maximum atomic E-state index is 12.2. The number of carbonyl (C=O) groups is 1. The minimum atomic E-state index is -0.0950. The maximum absolute atomic E-state index is 12.2. The van der Waals surface area contributed by atoms with Crippen molar-refractivity contribution in [2.45, 2.75) is 45.1 Å². The second-order valence-corrected chi connectivity index (χ2v) is 6.29. The number of para-hydroxylation sites is 1. The zero-order valence-corrected chi connectivity index (χ0v) is 11.5. The molecule has 1 amide bonds. The average molecular weight is 258 g/mol. The standard InChI is InChI=1S/C16H22N2O/c1-16(8-4-5-9-16)11-17-15(19)14-10-12-6-2-3-7-13(12)18-14/h2-3,6-7,14,18H,4-5,8-11H2,1H3,(H,17,19)/t14-/m0/s1. The fourth-order valence-corrected chi connectivity index (χ4v) is 3.29. The fraction of sp³-hybridized carbons (Fsp3) is 0.562. The van der Waals surface area contributed by atoms with Crippen LogP contribution in [0.15, 0.2) is 24.3 Å². The molecule has 1 aromatic carbocycles. The van der Waals surface area contributed by atoms with Crippen LogP contribution in [0.25, 0.3) is 0 Å². The molecule has 0 saturated heterocycles. The summed E-state index contributed by atoms with van der Waals surface area (Å²) in [7, 11) is 0. The molecule has 2 aliphatic rings. The summed E-state index contributed by atoms with van der Waals surface area (Å²) in [5.74, 6) is 0.143. The van der Waals surface area contributed by atoms with Gasteiger partial charge in [0.15, 0.2) is 0 Å². The van der Waals surface area contributed by atoms with Gasteiger partial charge in [0, 0.05) is 18.7 Å². The summed E-state index contributed by atoms with van der Waals surface area (Å²) in [6.07, 6.45) is 5.90. The van der Waals surface area contributed by atoms with E-state index in [0.29, 0.717) is 5.41 Å². The summed E-state index contributed by atoms with van der Waals surface area (Å²) in [5, 5.41) is 6.45. The molecule has 2 N–H and O–H groups in total. The van der Waals surface area contributed by atoms with E-state index < -0.39 is 0 Å². The van der Waals surface area contributed by atoms with Crippen LogP contribution in [0.1, 0.15) is 38.2 Å². The van der Waals surface area contributed by atoms with Gasteiger partial charge >= 0.3 is 0 Å². The Balaban J connectivity index is 1.55. The molecule has 0 radical (unpaired) electrons. The molecule has 1 aliphatic heterocycles. The Labute approximate surface area is 114 Å². The van der Waals surface area contributed by atoms with Crippen LogP contribution in [0, 0.1) is 5.41 Å². The third-order valence-electron chi connectivity index (χ3n) is 4.59. The molecule has 0 aromatic heterocycles. The van der Waals surface area contributed by atoms with Crippen molar-refractivity contribution in [3.8, 4) is 0 Å². The van der Waals surface area contributed by atoms with Crippen LogP contribution < -0.4 is 10.6 Å². The Morgan fingerprint density at radius 2 is 2.11 bits per heavy atom. The summed E-state index contributed by atoms with van der Waals surface area (Å²) < 4.78 is 0. The number of hydrogen-bond donors (Lipinski definition) is 2. The lowest BCUT2D eigenvalue weighted by Gasteiger charge is -2.24. The zero-order valence-electron chi connectivity index (χ0n) is 11.5. The Bertz CT molecular complexity index is 452. The lowest BCUT2D eigenvalue weighted by molar-refractivity contribution is -0.122. The van der Waals surface area contributed by atoms with E-state index in [2.05, 4.69) is 23.6 Å². The number of rotatable bonds is 3. The SMILES string of the molecule is CC1(CNC(=O)[C@@H]2Cc3ccccc3N2)CCCC1. The van der Waals surface area contributed by atoms with Gasteiger partial charge in [0.25, 0.3) is 0 Å². The van der Waals surface area contributed by atoms with Gasteiger partial charge in [-0.3, -0.25) is 4.79 Å². The predicted molar refractivity (Wildman–Crippen MR) is 77.1 cm³/mol. The van der Waals surface area contributed by atoms with Gasteiger partial charge in [0.2, 0.25) is 5.91 Å². The van der Waals surface area contributed by atoms with Gasteiger partial charge in [-0.2, -0.15) is 0 Å². The molecular formula is C16H22N2O. The number of amides is 1. The van der Waals surface area contributed by atoms with Gasteiger partial charge in [-0.15, -0.1) is 0 Å². The smallest absolute Gasteiger partial charge is 0.242 e. The van der Waals surface area contributed by atoms with Crippen LogP contribution >= 0.6 is 0 Å². The van der Waals surface area contributed by atoms with Crippen LogP contribution in [0.4, 0.5) is 5.69 Å². The van der Waals surface area contributed by atoms with E-state index in [4.69, 9.17) is 0 Å². The normalized spacial score (nSPS) is 23.7. The predicted octanol–water partition coefficient (Wildman–Crippen LogP) is 2.72. The monoisotopic (exact) mass is 258 g/mol. The highest BCUT2D eigenvalue weighted by Crippen LogP contribution is 2.36. The molecule has 19 heavy (non-hydrogen) atoms. The van der Waals surface area contributed by atoms with Gasteiger partial charge in [0.1, 0.15) is 6.04 Å². The van der Waals surface area contributed by atoms with Crippen LogP contribution in [0.5, 0.6) is 0 Å². The van der Waals surface area contributed by atoms with Gasteiger partial charge in [-0.1, -0.05) is 38.0 Å². The summed E-state index contributed by atoms with van der Waals surface area (Å²) in [6, 6.07) is 8.07. The molecule has 0 spiro atoms. The highest BCUT2D eigenvalue weighted by molar-refractivity contribution is 5.87. The Hall–Kier alpha value is -1.51. The molecular weight excluding hydrogens is 236 g/mol. The Morgan fingerprint density at radius 1 is 1.37 bits per heavy atom. The molecule has 1 saturated carbocycles. The van der Waals surface area contributed by atoms with Crippen molar-refractivity contribution in [1.29, 1.82) is 0 Å². The largest absolute Gasteiger partial charge is 0.373 e. The minimum absolute atomic E-state index is 0.0950. The van der Waals surface area contributed by atoms with Gasteiger partial charge in [-0.25, -0.2) is 0 Å². The van der Waals surface area contributed by atoms with E-state index in [1.54, 1.807) is 0 Å². The minimum Gasteiger partial charge on any atom is -0.373 e. The van der Waals surface area contributed by atoms with Crippen molar-refractivity contribution in [3.05, 3.63) is 29.8 Å². The van der Waals surface area contributed by atoms with Crippen molar-refractivity contribution in [3.63, 3.8) is 0 Å². The molecule has 1 fully saturated rings. The van der Waals surface area contributed by atoms with Crippen molar-refractivity contribution in [1.82, 2.24) is 5.32 Å². The number of hydrogen-bond acceptors (Lipinski definition) is 2. The van der Waals surface area contributed by atoms with Crippen molar-refractivity contribution < 1.29 is 4.79 Å². The molecule has 1 aliphatic carbocycles. The molecule has 0 bridgehead atoms. The van der Waals surface area contributed by atoms with E-state index in [9.17, 15) is 4.79 Å². The second kappa shape index (κ2) is 4.87. The summed E-state index contributed by atoms with van der Waals surface area (Å²) in [4.78, 5) is 12.2. The number of fused-ring (bicyclic) bond motifs is 1. The van der Waals surface area contributed by atoms with E-state index in [1.165, 1.54) is 31.2 Å². The first-order valence-corrected chi connectivity index (χ1v) is 7.28. The van der Waals surface area contributed by atoms with E-state index >= 15 is 0 Å². The molecule has 1 atom stereocenters. The van der Waals surface area contributed by atoms with Crippen molar-refractivity contribution >= 4 is 11.6 Å².